The quantitative estimate of drug-likeness (QED) is 0.613. The summed E-state index contributed by atoms with van der Waals surface area (Å²) in [5, 5.41) is 0. The molecule has 0 fully saturated rings. The Bertz CT molecular complexity index is 432. The van der Waals surface area contributed by atoms with E-state index in [1.807, 2.05) is 0 Å². The molecule has 0 unspecified atom stereocenters. The van der Waals surface area contributed by atoms with Crippen LogP contribution in [0.4, 0.5) is 26.3 Å². The van der Waals surface area contributed by atoms with Crippen molar-refractivity contribution in [2.24, 2.45) is 0 Å². The Balaban J connectivity index is 2.92. The molecule has 0 amide bonds. The molecule has 0 aliphatic rings. The van der Waals surface area contributed by atoms with Crippen LogP contribution in [0.1, 0.15) is 15.9 Å². The van der Waals surface area contributed by atoms with E-state index in [0.717, 1.165) is 12.1 Å². The van der Waals surface area contributed by atoms with Gasteiger partial charge in [0, 0.05) is 0 Å². The number of ether oxygens (including phenoxy) is 1. The lowest BCUT2D eigenvalue weighted by atomic mass is 10.1. The molecule has 1 rings (SSSR count). The maximum absolute atomic E-state index is 12.2. The average molecular weight is 286 g/mol. The summed E-state index contributed by atoms with van der Waals surface area (Å²) < 4.78 is 76.5. The third-order valence-electron chi connectivity index (χ3n) is 2.11. The largest absolute Gasteiger partial charge is 0.439 e. The highest BCUT2D eigenvalue weighted by Crippen LogP contribution is 2.36. The SMILES string of the molecule is Cc1ccc(C(=O)OC(C(F)(F)F)C(F)(F)F)cc1. The minimum atomic E-state index is -5.71. The number of hydrogen-bond donors (Lipinski definition) is 0. The van der Waals surface area contributed by atoms with E-state index in [1.165, 1.54) is 12.1 Å². The van der Waals surface area contributed by atoms with Crippen molar-refractivity contribution in [1.82, 2.24) is 0 Å². The number of esters is 1. The molecule has 0 heterocycles. The van der Waals surface area contributed by atoms with Gasteiger partial charge in [0.25, 0.3) is 6.10 Å². The summed E-state index contributed by atoms with van der Waals surface area (Å²) in [6.45, 7) is 1.64. The highest BCUT2D eigenvalue weighted by Gasteiger charge is 2.59. The van der Waals surface area contributed by atoms with Crippen LogP contribution in [0.3, 0.4) is 0 Å². The Morgan fingerprint density at radius 2 is 1.42 bits per heavy atom. The maximum atomic E-state index is 12.2. The summed E-state index contributed by atoms with van der Waals surface area (Å²) >= 11 is 0. The molecule has 0 saturated heterocycles. The first kappa shape index (κ1) is 15.3. The summed E-state index contributed by atoms with van der Waals surface area (Å²) in [6, 6.07) is 4.91. The summed E-state index contributed by atoms with van der Waals surface area (Å²) in [5.74, 6) is -1.68. The van der Waals surface area contributed by atoms with E-state index in [-0.39, 0.29) is 5.56 Å². The predicted molar refractivity (Wildman–Crippen MR) is 52.5 cm³/mol. The van der Waals surface area contributed by atoms with E-state index >= 15 is 0 Å². The molecule has 106 valence electrons. The van der Waals surface area contributed by atoms with Gasteiger partial charge in [-0.25, -0.2) is 4.79 Å². The van der Waals surface area contributed by atoms with Gasteiger partial charge < -0.3 is 4.74 Å². The molecule has 0 spiro atoms. The maximum Gasteiger partial charge on any atom is 0.434 e. The molecule has 0 saturated carbocycles. The number of aryl methyl sites for hydroxylation is 1. The zero-order valence-electron chi connectivity index (χ0n) is 9.47. The number of hydrogen-bond acceptors (Lipinski definition) is 2. The monoisotopic (exact) mass is 286 g/mol. The fourth-order valence-corrected chi connectivity index (χ4v) is 1.18. The van der Waals surface area contributed by atoms with Gasteiger partial charge in [-0.2, -0.15) is 26.3 Å². The molecule has 19 heavy (non-hydrogen) atoms. The van der Waals surface area contributed by atoms with Crippen molar-refractivity contribution >= 4 is 5.97 Å². The number of carbonyl (C=O) groups excluding carboxylic acids is 1. The molecular weight excluding hydrogens is 278 g/mol. The minimum absolute atomic E-state index is 0.385. The van der Waals surface area contributed by atoms with E-state index in [9.17, 15) is 31.1 Å². The zero-order chi connectivity index (χ0) is 14.8. The van der Waals surface area contributed by atoms with Crippen molar-refractivity contribution in [3.63, 3.8) is 0 Å². The number of halogens is 6. The Morgan fingerprint density at radius 1 is 1.00 bits per heavy atom. The molecule has 1 aromatic carbocycles. The van der Waals surface area contributed by atoms with Crippen LogP contribution < -0.4 is 0 Å². The zero-order valence-corrected chi connectivity index (χ0v) is 9.47. The number of carbonyl (C=O) groups is 1. The molecule has 0 bridgehead atoms. The van der Waals surface area contributed by atoms with Gasteiger partial charge in [-0.1, -0.05) is 17.7 Å². The summed E-state index contributed by atoms with van der Waals surface area (Å²) in [7, 11) is 0. The normalized spacial score (nSPS) is 12.6. The van der Waals surface area contributed by atoms with Crippen LogP contribution in [-0.2, 0) is 4.74 Å². The van der Waals surface area contributed by atoms with Gasteiger partial charge in [-0.05, 0) is 19.1 Å². The molecule has 2 nitrogen and oxygen atoms in total. The molecule has 0 aliphatic heterocycles. The van der Waals surface area contributed by atoms with Crippen LogP contribution in [0.2, 0.25) is 0 Å². The van der Waals surface area contributed by atoms with E-state index in [2.05, 4.69) is 4.74 Å². The fourth-order valence-electron chi connectivity index (χ4n) is 1.18. The Hall–Kier alpha value is -1.73. The first-order valence-electron chi connectivity index (χ1n) is 4.93. The van der Waals surface area contributed by atoms with Gasteiger partial charge in [0.15, 0.2) is 0 Å². The molecule has 0 radical (unpaired) electrons. The molecule has 0 N–H and O–H groups in total. The molecule has 0 aliphatic carbocycles. The second-order valence-electron chi connectivity index (χ2n) is 3.73. The molecular formula is C11H8F6O2. The Kier molecular flexibility index (Phi) is 4.12. The number of benzene rings is 1. The van der Waals surface area contributed by atoms with E-state index in [0.29, 0.717) is 5.56 Å². The number of alkyl halides is 6. The predicted octanol–water partition coefficient (Wildman–Crippen LogP) is 3.65. The molecule has 0 atom stereocenters. The van der Waals surface area contributed by atoms with Crippen molar-refractivity contribution in [2.45, 2.75) is 25.4 Å². The van der Waals surface area contributed by atoms with Crippen LogP contribution in [0.25, 0.3) is 0 Å². The second-order valence-corrected chi connectivity index (χ2v) is 3.73. The number of rotatable bonds is 2. The van der Waals surface area contributed by atoms with Gasteiger partial charge >= 0.3 is 18.3 Å². The standard InChI is InChI=1S/C11H8F6O2/c1-6-2-4-7(5-3-6)8(18)19-9(10(12,13)14)11(15,16)17/h2-5,9H,1H3. The van der Waals surface area contributed by atoms with Crippen molar-refractivity contribution in [3.8, 4) is 0 Å². The first-order valence-corrected chi connectivity index (χ1v) is 4.93. The highest BCUT2D eigenvalue weighted by atomic mass is 19.4. The van der Waals surface area contributed by atoms with Crippen molar-refractivity contribution in [3.05, 3.63) is 35.4 Å². The van der Waals surface area contributed by atoms with E-state index < -0.39 is 24.4 Å². The highest BCUT2D eigenvalue weighted by molar-refractivity contribution is 5.89. The average Bonchev–Trinajstić information content (AvgIpc) is 2.23. The summed E-state index contributed by atoms with van der Waals surface area (Å²) in [4.78, 5) is 11.2. The van der Waals surface area contributed by atoms with Gasteiger partial charge in [-0.3, -0.25) is 0 Å². The summed E-state index contributed by atoms with van der Waals surface area (Å²) in [6.07, 6.45) is -15.6. The van der Waals surface area contributed by atoms with Crippen LogP contribution in [0.15, 0.2) is 24.3 Å². The van der Waals surface area contributed by atoms with Gasteiger partial charge in [0.2, 0.25) is 0 Å². The van der Waals surface area contributed by atoms with E-state index in [1.54, 1.807) is 6.92 Å². The lowest BCUT2D eigenvalue weighted by Crippen LogP contribution is -2.45. The lowest BCUT2D eigenvalue weighted by molar-refractivity contribution is -0.307. The fraction of sp³-hybridized carbons (Fsp3) is 0.364. The molecule has 0 aromatic heterocycles. The Morgan fingerprint density at radius 3 is 1.79 bits per heavy atom. The Labute approximate surface area is 104 Å². The van der Waals surface area contributed by atoms with Crippen molar-refractivity contribution in [2.75, 3.05) is 0 Å². The van der Waals surface area contributed by atoms with Gasteiger partial charge in [0.1, 0.15) is 0 Å². The molecule has 1 aromatic rings. The second kappa shape index (κ2) is 5.10. The lowest BCUT2D eigenvalue weighted by Gasteiger charge is -2.22. The molecule has 8 heteroatoms. The van der Waals surface area contributed by atoms with E-state index in [4.69, 9.17) is 0 Å². The summed E-state index contributed by atoms with van der Waals surface area (Å²) in [5.41, 5.74) is 0.309. The van der Waals surface area contributed by atoms with Crippen molar-refractivity contribution < 1.29 is 35.9 Å². The third-order valence-corrected chi connectivity index (χ3v) is 2.11. The topological polar surface area (TPSA) is 26.3 Å². The minimum Gasteiger partial charge on any atom is -0.439 e. The first-order chi connectivity index (χ1) is 8.51. The van der Waals surface area contributed by atoms with Crippen molar-refractivity contribution in [1.29, 1.82) is 0 Å². The van der Waals surface area contributed by atoms with Crippen LogP contribution in [-0.4, -0.2) is 24.4 Å². The van der Waals surface area contributed by atoms with Crippen LogP contribution >= 0.6 is 0 Å². The van der Waals surface area contributed by atoms with Crippen LogP contribution in [0.5, 0.6) is 0 Å². The third kappa shape index (κ3) is 4.15. The van der Waals surface area contributed by atoms with Gasteiger partial charge in [0.05, 0.1) is 5.56 Å². The van der Waals surface area contributed by atoms with Crippen LogP contribution in [0, 0.1) is 6.92 Å². The van der Waals surface area contributed by atoms with Gasteiger partial charge in [-0.15, -0.1) is 0 Å². The smallest absolute Gasteiger partial charge is 0.434 e.